The molecule has 1 N–H and O–H groups in total. The second-order valence-corrected chi connectivity index (χ2v) is 4.20. The maximum absolute atomic E-state index is 5.05. The van der Waals surface area contributed by atoms with E-state index in [0.717, 1.165) is 17.7 Å². The number of nitrogens with one attached hydrogen (secondary N) is 1. The van der Waals surface area contributed by atoms with Gasteiger partial charge in [0.1, 0.15) is 4.64 Å². The van der Waals surface area contributed by atoms with Crippen LogP contribution in [-0.4, -0.2) is 9.97 Å². The van der Waals surface area contributed by atoms with Crippen molar-refractivity contribution in [3.63, 3.8) is 0 Å². The third kappa shape index (κ3) is 2.55. The summed E-state index contributed by atoms with van der Waals surface area (Å²) in [4.78, 5) is 7.21. The van der Waals surface area contributed by atoms with Crippen LogP contribution < -0.4 is 0 Å². The maximum atomic E-state index is 5.05. The van der Waals surface area contributed by atoms with Crippen molar-refractivity contribution in [2.24, 2.45) is 0 Å². The highest BCUT2D eigenvalue weighted by Crippen LogP contribution is 2.16. The molecule has 0 aliphatic rings. The molecule has 0 radical (unpaired) electrons. The van der Waals surface area contributed by atoms with Crippen LogP contribution in [0.4, 0.5) is 0 Å². The predicted molar refractivity (Wildman–Crippen MR) is 68.9 cm³/mol. The summed E-state index contributed by atoms with van der Waals surface area (Å²) in [5, 5.41) is 0. The molecule has 0 saturated carbocycles. The van der Waals surface area contributed by atoms with Crippen LogP contribution in [0.1, 0.15) is 18.9 Å². The molecule has 0 atom stereocenters. The fraction of sp³-hybridized carbons (Fsp3) is 0.231. The van der Waals surface area contributed by atoms with Crippen molar-refractivity contribution < 1.29 is 0 Å². The van der Waals surface area contributed by atoms with Crippen molar-refractivity contribution in [1.82, 2.24) is 9.97 Å². The first kappa shape index (κ1) is 11.0. The average molecular weight is 230 g/mol. The Labute approximate surface area is 100 Å². The van der Waals surface area contributed by atoms with Crippen LogP contribution in [0.2, 0.25) is 0 Å². The van der Waals surface area contributed by atoms with Gasteiger partial charge in [-0.05, 0) is 17.5 Å². The van der Waals surface area contributed by atoms with Gasteiger partial charge in [0.25, 0.3) is 0 Å². The zero-order valence-electron chi connectivity index (χ0n) is 9.23. The number of aryl methyl sites for hydroxylation is 1. The standard InChI is InChI=1S/C13H14N2S/c1-2-3-10-4-6-11(7-5-10)12-8-14-9-13(16)15-12/h4-9H,2-3H2,1H3,(H,15,16). The Hall–Kier alpha value is -1.48. The van der Waals surface area contributed by atoms with E-state index in [1.165, 1.54) is 12.0 Å². The monoisotopic (exact) mass is 230 g/mol. The van der Waals surface area contributed by atoms with Gasteiger partial charge in [0, 0.05) is 0 Å². The van der Waals surface area contributed by atoms with Gasteiger partial charge in [-0.3, -0.25) is 4.98 Å². The first-order chi connectivity index (χ1) is 7.79. The van der Waals surface area contributed by atoms with E-state index in [9.17, 15) is 0 Å². The number of aromatic nitrogens is 2. The highest BCUT2D eigenvalue weighted by molar-refractivity contribution is 7.71. The fourth-order valence-electron chi connectivity index (χ4n) is 1.66. The SMILES string of the molecule is CCCc1ccc(-c2cncc(=S)[nH]2)cc1. The van der Waals surface area contributed by atoms with Crippen LogP contribution in [-0.2, 0) is 6.42 Å². The molecule has 0 bridgehead atoms. The normalized spacial score (nSPS) is 10.3. The third-order valence-electron chi connectivity index (χ3n) is 2.46. The van der Waals surface area contributed by atoms with Crippen LogP contribution in [0.3, 0.4) is 0 Å². The molecule has 0 saturated heterocycles. The van der Waals surface area contributed by atoms with Gasteiger partial charge in [-0.15, -0.1) is 0 Å². The molecule has 1 aromatic heterocycles. The smallest absolute Gasteiger partial charge is 0.122 e. The van der Waals surface area contributed by atoms with Crippen LogP contribution >= 0.6 is 12.2 Å². The van der Waals surface area contributed by atoms with E-state index < -0.39 is 0 Å². The number of rotatable bonds is 3. The summed E-state index contributed by atoms with van der Waals surface area (Å²) in [6.07, 6.45) is 5.74. The largest absolute Gasteiger partial charge is 0.344 e. The van der Waals surface area contributed by atoms with Crippen molar-refractivity contribution in [3.8, 4) is 11.3 Å². The zero-order valence-corrected chi connectivity index (χ0v) is 10.1. The third-order valence-corrected chi connectivity index (χ3v) is 2.66. The molecular weight excluding hydrogens is 216 g/mol. The molecule has 82 valence electrons. The van der Waals surface area contributed by atoms with Crippen LogP contribution in [0.25, 0.3) is 11.3 Å². The molecule has 0 unspecified atom stereocenters. The van der Waals surface area contributed by atoms with Gasteiger partial charge < -0.3 is 4.98 Å². The van der Waals surface area contributed by atoms with E-state index in [-0.39, 0.29) is 0 Å². The average Bonchev–Trinajstić information content (AvgIpc) is 2.30. The molecule has 2 aromatic rings. The van der Waals surface area contributed by atoms with Crippen molar-refractivity contribution in [1.29, 1.82) is 0 Å². The van der Waals surface area contributed by atoms with Crippen molar-refractivity contribution in [2.75, 3.05) is 0 Å². The molecule has 2 rings (SSSR count). The number of nitrogens with zero attached hydrogens (tertiary/aromatic N) is 1. The summed E-state index contributed by atoms with van der Waals surface area (Å²) in [5.41, 5.74) is 3.46. The molecule has 0 aliphatic heterocycles. The molecule has 0 aliphatic carbocycles. The van der Waals surface area contributed by atoms with Gasteiger partial charge in [0.05, 0.1) is 18.1 Å². The predicted octanol–water partition coefficient (Wildman–Crippen LogP) is 3.76. The van der Waals surface area contributed by atoms with Crippen molar-refractivity contribution in [3.05, 3.63) is 46.9 Å². The number of H-pyrrole nitrogens is 1. The van der Waals surface area contributed by atoms with E-state index in [1.54, 1.807) is 12.4 Å². The molecule has 1 aromatic carbocycles. The van der Waals surface area contributed by atoms with Gasteiger partial charge in [-0.1, -0.05) is 49.8 Å². The quantitative estimate of drug-likeness (QED) is 0.813. The molecular formula is C13H14N2S. The second kappa shape index (κ2) is 5.03. The lowest BCUT2D eigenvalue weighted by atomic mass is 10.1. The highest BCUT2D eigenvalue weighted by atomic mass is 32.1. The summed E-state index contributed by atoms with van der Waals surface area (Å²) in [6.45, 7) is 2.19. The Morgan fingerprint density at radius 1 is 1.19 bits per heavy atom. The van der Waals surface area contributed by atoms with E-state index in [4.69, 9.17) is 12.2 Å². The minimum atomic E-state index is 0.662. The van der Waals surface area contributed by atoms with Gasteiger partial charge in [-0.2, -0.15) is 0 Å². The van der Waals surface area contributed by atoms with Crippen molar-refractivity contribution >= 4 is 12.2 Å². The lowest BCUT2D eigenvalue weighted by molar-refractivity contribution is 0.922. The molecule has 0 fully saturated rings. The summed E-state index contributed by atoms with van der Waals surface area (Å²) in [5.74, 6) is 0. The van der Waals surface area contributed by atoms with E-state index in [0.29, 0.717) is 4.64 Å². The van der Waals surface area contributed by atoms with Crippen LogP contribution in [0.5, 0.6) is 0 Å². The summed E-state index contributed by atoms with van der Waals surface area (Å²) >= 11 is 5.05. The number of hydrogen-bond donors (Lipinski definition) is 1. The lowest BCUT2D eigenvalue weighted by Gasteiger charge is -2.03. The van der Waals surface area contributed by atoms with E-state index in [2.05, 4.69) is 41.2 Å². The van der Waals surface area contributed by atoms with E-state index in [1.807, 2.05) is 0 Å². The molecule has 1 heterocycles. The fourth-order valence-corrected chi connectivity index (χ4v) is 1.83. The Kier molecular flexibility index (Phi) is 3.47. The number of aromatic amines is 1. The zero-order chi connectivity index (χ0) is 11.4. The summed E-state index contributed by atoms with van der Waals surface area (Å²) < 4.78 is 0.662. The number of benzene rings is 1. The van der Waals surface area contributed by atoms with Crippen LogP contribution in [0.15, 0.2) is 36.7 Å². The maximum Gasteiger partial charge on any atom is 0.122 e. The van der Waals surface area contributed by atoms with Crippen molar-refractivity contribution in [2.45, 2.75) is 19.8 Å². The first-order valence-corrected chi connectivity index (χ1v) is 5.84. The van der Waals surface area contributed by atoms with Gasteiger partial charge in [0.15, 0.2) is 0 Å². The van der Waals surface area contributed by atoms with Crippen LogP contribution in [0, 0.1) is 4.64 Å². The minimum absolute atomic E-state index is 0.662. The van der Waals surface area contributed by atoms with Gasteiger partial charge >= 0.3 is 0 Å². The highest BCUT2D eigenvalue weighted by Gasteiger charge is 1.98. The summed E-state index contributed by atoms with van der Waals surface area (Å²) in [7, 11) is 0. The van der Waals surface area contributed by atoms with E-state index >= 15 is 0 Å². The second-order valence-electron chi connectivity index (χ2n) is 3.76. The minimum Gasteiger partial charge on any atom is -0.344 e. The molecule has 2 nitrogen and oxygen atoms in total. The Morgan fingerprint density at radius 3 is 2.56 bits per heavy atom. The Balaban J connectivity index is 2.31. The molecule has 3 heteroatoms. The Bertz CT molecular complexity index is 514. The molecule has 16 heavy (non-hydrogen) atoms. The number of hydrogen-bond acceptors (Lipinski definition) is 2. The molecule has 0 spiro atoms. The van der Waals surface area contributed by atoms with Gasteiger partial charge in [0.2, 0.25) is 0 Å². The Morgan fingerprint density at radius 2 is 1.94 bits per heavy atom. The molecule has 0 amide bonds. The summed E-state index contributed by atoms with van der Waals surface area (Å²) in [6, 6.07) is 8.52. The van der Waals surface area contributed by atoms with Gasteiger partial charge in [-0.25, -0.2) is 0 Å². The first-order valence-electron chi connectivity index (χ1n) is 5.43. The lowest BCUT2D eigenvalue weighted by Crippen LogP contribution is -1.87. The topological polar surface area (TPSA) is 28.7 Å².